The van der Waals surface area contributed by atoms with E-state index in [-0.39, 0.29) is 5.56 Å². The molecule has 0 atom stereocenters. The fraction of sp³-hybridized carbons (Fsp3) is 0.524. The molecule has 1 aliphatic heterocycles. The molecule has 0 unspecified atom stereocenters. The van der Waals surface area contributed by atoms with Crippen LogP contribution < -0.4 is 10.3 Å². The first-order chi connectivity index (χ1) is 12.7. The van der Waals surface area contributed by atoms with E-state index < -0.39 is 0 Å². The molecule has 1 N–H and O–H groups in total. The van der Waals surface area contributed by atoms with Gasteiger partial charge >= 0.3 is 0 Å². The molecule has 1 aromatic carbocycles. The standard InChI is InChI=1S/C21H27N3O2/c1-26-19-10-6-5-9-16(19)13-24-12-11-17-18(14-24)22-20(23-21(17)25)15-7-3-2-4-8-15/h5-6,9-10,15H,2-4,7-8,11-14H2,1H3,(H,22,23,25). The predicted octanol–water partition coefficient (Wildman–Crippen LogP) is 3.38. The number of aromatic nitrogens is 2. The summed E-state index contributed by atoms with van der Waals surface area (Å²) in [5, 5.41) is 0. The van der Waals surface area contributed by atoms with Crippen LogP contribution >= 0.6 is 0 Å². The van der Waals surface area contributed by atoms with Gasteiger partial charge in [0, 0.05) is 36.7 Å². The summed E-state index contributed by atoms with van der Waals surface area (Å²) >= 11 is 0. The monoisotopic (exact) mass is 353 g/mol. The Morgan fingerprint density at radius 1 is 1.23 bits per heavy atom. The summed E-state index contributed by atoms with van der Waals surface area (Å²) in [5.41, 5.74) is 3.10. The number of aromatic amines is 1. The zero-order valence-corrected chi connectivity index (χ0v) is 15.5. The van der Waals surface area contributed by atoms with Crippen molar-refractivity contribution in [3.05, 3.63) is 57.3 Å². The molecule has 5 heteroatoms. The summed E-state index contributed by atoms with van der Waals surface area (Å²) in [6.45, 7) is 2.42. The van der Waals surface area contributed by atoms with Gasteiger partial charge in [-0.25, -0.2) is 4.98 Å². The molecule has 1 aromatic heterocycles. The van der Waals surface area contributed by atoms with Gasteiger partial charge in [0.25, 0.3) is 5.56 Å². The Kier molecular flexibility index (Phi) is 5.07. The van der Waals surface area contributed by atoms with Crippen LogP contribution in [-0.4, -0.2) is 28.5 Å². The summed E-state index contributed by atoms with van der Waals surface area (Å²) in [6, 6.07) is 8.13. The number of rotatable bonds is 4. The van der Waals surface area contributed by atoms with Crippen LogP contribution in [0.4, 0.5) is 0 Å². The SMILES string of the molecule is COc1ccccc1CN1CCc2c(nc(C3CCCCC3)[nH]c2=O)C1. The van der Waals surface area contributed by atoms with Crippen LogP contribution in [0, 0.1) is 0 Å². The number of methoxy groups -OCH3 is 1. The average molecular weight is 353 g/mol. The van der Waals surface area contributed by atoms with Crippen LogP contribution in [0.1, 0.15) is 60.7 Å². The van der Waals surface area contributed by atoms with Crippen LogP contribution in [0.25, 0.3) is 0 Å². The highest BCUT2D eigenvalue weighted by molar-refractivity contribution is 5.33. The Morgan fingerprint density at radius 3 is 2.85 bits per heavy atom. The highest BCUT2D eigenvalue weighted by Gasteiger charge is 2.24. The number of hydrogen-bond donors (Lipinski definition) is 1. The van der Waals surface area contributed by atoms with Crippen molar-refractivity contribution >= 4 is 0 Å². The van der Waals surface area contributed by atoms with E-state index in [9.17, 15) is 4.79 Å². The van der Waals surface area contributed by atoms with Gasteiger partial charge in [-0.05, 0) is 25.3 Å². The molecular weight excluding hydrogens is 326 g/mol. The van der Waals surface area contributed by atoms with Crippen LogP contribution in [0.3, 0.4) is 0 Å². The zero-order valence-electron chi connectivity index (χ0n) is 15.5. The molecule has 1 saturated carbocycles. The predicted molar refractivity (Wildman–Crippen MR) is 101 cm³/mol. The van der Waals surface area contributed by atoms with Crippen LogP contribution in [0.5, 0.6) is 5.75 Å². The molecule has 4 rings (SSSR count). The average Bonchev–Trinajstić information content (AvgIpc) is 2.69. The third kappa shape index (κ3) is 3.54. The first-order valence-electron chi connectivity index (χ1n) is 9.71. The molecule has 26 heavy (non-hydrogen) atoms. The molecule has 1 aliphatic carbocycles. The lowest BCUT2D eigenvalue weighted by molar-refractivity contribution is 0.236. The van der Waals surface area contributed by atoms with E-state index in [2.05, 4.69) is 16.0 Å². The molecule has 1 fully saturated rings. The van der Waals surface area contributed by atoms with E-state index in [0.717, 1.165) is 61.7 Å². The smallest absolute Gasteiger partial charge is 0.254 e. The lowest BCUT2D eigenvalue weighted by Gasteiger charge is -2.29. The van der Waals surface area contributed by atoms with Gasteiger partial charge in [0.05, 0.1) is 12.8 Å². The maximum Gasteiger partial charge on any atom is 0.254 e. The second kappa shape index (κ2) is 7.62. The van der Waals surface area contributed by atoms with Crippen LogP contribution in [0.15, 0.2) is 29.1 Å². The first kappa shape index (κ1) is 17.3. The van der Waals surface area contributed by atoms with Crippen molar-refractivity contribution in [2.24, 2.45) is 0 Å². The van der Waals surface area contributed by atoms with Crippen molar-refractivity contribution < 1.29 is 4.74 Å². The van der Waals surface area contributed by atoms with Crippen molar-refractivity contribution in [2.75, 3.05) is 13.7 Å². The molecular formula is C21H27N3O2. The Hall–Kier alpha value is -2.14. The molecule has 0 radical (unpaired) electrons. The van der Waals surface area contributed by atoms with E-state index in [1.807, 2.05) is 18.2 Å². The van der Waals surface area contributed by atoms with Gasteiger partial charge in [0.1, 0.15) is 11.6 Å². The summed E-state index contributed by atoms with van der Waals surface area (Å²) in [4.78, 5) is 22.9. The second-order valence-electron chi connectivity index (χ2n) is 7.48. The number of nitrogens with one attached hydrogen (secondary N) is 1. The van der Waals surface area contributed by atoms with E-state index >= 15 is 0 Å². The van der Waals surface area contributed by atoms with Crippen molar-refractivity contribution in [1.82, 2.24) is 14.9 Å². The topological polar surface area (TPSA) is 58.2 Å². The van der Waals surface area contributed by atoms with Gasteiger partial charge in [-0.2, -0.15) is 0 Å². The molecule has 2 aromatic rings. The lowest BCUT2D eigenvalue weighted by atomic mass is 9.88. The zero-order chi connectivity index (χ0) is 17.9. The third-order valence-corrected chi connectivity index (χ3v) is 5.75. The summed E-state index contributed by atoms with van der Waals surface area (Å²) in [6.07, 6.45) is 6.84. The Bertz CT molecular complexity index is 824. The quantitative estimate of drug-likeness (QED) is 0.915. The van der Waals surface area contributed by atoms with Crippen LogP contribution in [0.2, 0.25) is 0 Å². The molecule has 0 spiro atoms. The number of fused-ring (bicyclic) bond motifs is 1. The molecule has 0 saturated heterocycles. The third-order valence-electron chi connectivity index (χ3n) is 5.75. The minimum absolute atomic E-state index is 0.0764. The summed E-state index contributed by atoms with van der Waals surface area (Å²) < 4.78 is 5.48. The molecule has 2 aliphatic rings. The van der Waals surface area contributed by atoms with E-state index in [0.29, 0.717) is 5.92 Å². The Morgan fingerprint density at radius 2 is 2.04 bits per heavy atom. The maximum atomic E-state index is 12.6. The fourth-order valence-corrected chi connectivity index (χ4v) is 4.29. The van der Waals surface area contributed by atoms with E-state index in [1.165, 1.54) is 24.8 Å². The molecule has 2 heterocycles. The maximum absolute atomic E-state index is 12.6. The summed E-state index contributed by atoms with van der Waals surface area (Å²) in [7, 11) is 1.71. The molecule has 5 nitrogen and oxygen atoms in total. The normalized spacial score (nSPS) is 18.5. The second-order valence-corrected chi connectivity index (χ2v) is 7.48. The first-order valence-corrected chi connectivity index (χ1v) is 9.71. The van der Waals surface area contributed by atoms with E-state index in [4.69, 9.17) is 9.72 Å². The largest absolute Gasteiger partial charge is 0.496 e. The van der Waals surface area contributed by atoms with Gasteiger partial charge < -0.3 is 9.72 Å². The summed E-state index contributed by atoms with van der Waals surface area (Å²) in [5.74, 6) is 2.25. The van der Waals surface area contributed by atoms with Gasteiger partial charge in [-0.1, -0.05) is 37.5 Å². The minimum Gasteiger partial charge on any atom is -0.496 e. The van der Waals surface area contributed by atoms with Gasteiger partial charge in [-0.3, -0.25) is 9.69 Å². The Labute approximate surface area is 154 Å². The van der Waals surface area contributed by atoms with Crippen molar-refractivity contribution in [1.29, 1.82) is 0 Å². The van der Waals surface area contributed by atoms with Gasteiger partial charge in [-0.15, -0.1) is 0 Å². The highest BCUT2D eigenvalue weighted by atomic mass is 16.5. The van der Waals surface area contributed by atoms with Gasteiger partial charge in [0.2, 0.25) is 0 Å². The number of hydrogen-bond acceptors (Lipinski definition) is 4. The van der Waals surface area contributed by atoms with Gasteiger partial charge in [0.15, 0.2) is 0 Å². The Balaban J connectivity index is 1.55. The molecule has 0 bridgehead atoms. The van der Waals surface area contributed by atoms with Crippen molar-refractivity contribution in [3.63, 3.8) is 0 Å². The number of ether oxygens (including phenoxy) is 1. The number of H-pyrrole nitrogens is 1. The molecule has 138 valence electrons. The number of para-hydroxylation sites is 1. The lowest BCUT2D eigenvalue weighted by Crippen LogP contribution is -2.35. The van der Waals surface area contributed by atoms with Crippen molar-refractivity contribution in [3.8, 4) is 5.75 Å². The number of nitrogens with zero attached hydrogens (tertiary/aromatic N) is 2. The van der Waals surface area contributed by atoms with Crippen LogP contribution in [-0.2, 0) is 19.5 Å². The number of benzene rings is 1. The fourth-order valence-electron chi connectivity index (χ4n) is 4.29. The van der Waals surface area contributed by atoms with E-state index in [1.54, 1.807) is 7.11 Å². The highest BCUT2D eigenvalue weighted by Crippen LogP contribution is 2.31. The van der Waals surface area contributed by atoms with Crippen molar-refractivity contribution in [2.45, 2.75) is 57.5 Å². The molecule has 0 amide bonds. The minimum atomic E-state index is 0.0764.